The lowest BCUT2D eigenvalue weighted by Gasteiger charge is -2.42. The van der Waals surface area contributed by atoms with E-state index in [1.807, 2.05) is 0 Å². The SMILES string of the molecule is C.CC1(C)OB(c2cccc(C3CCCCC3)c2)OC1(C)C.CC1(C)OB2OC1(C)CCC1(C)OB2OC1(C)C. The Labute approximate surface area is 245 Å². The predicted molar refractivity (Wildman–Crippen MR) is 165 cm³/mol. The van der Waals surface area contributed by atoms with Gasteiger partial charge in [0.1, 0.15) is 0 Å². The zero-order valence-corrected chi connectivity index (χ0v) is 26.0. The molecule has 5 fully saturated rings. The molecule has 0 radical (unpaired) electrons. The largest absolute Gasteiger partial charge is 0.494 e. The lowest BCUT2D eigenvalue weighted by molar-refractivity contribution is -0.0578. The molecule has 4 aliphatic heterocycles. The molecule has 0 amide bonds. The molecule has 40 heavy (non-hydrogen) atoms. The van der Waals surface area contributed by atoms with Gasteiger partial charge < -0.3 is 27.9 Å². The van der Waals surface area contributed by atoms with Crippen LogP contribution in [-0.2, 0) is 27.9 Å². The Bertz CT molecular complexity index is 1000. The van der Waals surface area contributed by atoms with Crippen molar-refractivity contribution in [2.45, 2.75) is 161 Å². The molecule has 0 aromatic heterocycles. The van der Waals surface area contributed by atoms with Crippen molar-refractivity contribution in [2.75, 3.05) is 0 Å². The molecule has 4 bridgehead atoms. The Kier molecular flexibility index (Phi) is 8.60. The van der Waals surface area contributed by atoms with E-state index in [0.717, 1.165) is 24.2 Å². The molecule has 9 heteroatoms. The van der Waals surface area contributed by atoms with E-state index >= 15 is 0 Å². The van der Waals surface area contributed by atoms with Crippen LogP contribution in [0.4, 0.5) is 0 Å². The first-order chi connectivity index (χ1) is 18.0. The molecule has 1 aromatic rings. The van der Waals surface area contributed by atoms with Gasteiger partial charge in [-0.2, -0.15) is 0 Å². The van der Waals surface area contributed by atoms with Crippen LogP contribution in [-0.4, -0.2) is 54.7 Å². The molecule has 4 saturated heterocycles. The summed E-state index contributed by atoms with van der Waals surface area (Å²) in [5.74, 6) is 0.723. The van der Waals surface area contributed by atoms with E-state index in [1.165, 1.54) is 37.7 Å². The zero-order chi connectivity index (χ0) is 28.5. The Morgan fingerprint density at radius 1 is 0.600 bits per heavy atom. The predicted octanol–water partition coefficient (Wildman–Crippen LogP) is 6.67. The quantitative estimate of drug-likeness (QED) is 0.381. The summed E-state index contributed by atoms with van der Waals surface area (Å²) in [7, 11) is -1.09. The fraction of sp³-hybridized carbons (Fsp3) is 0.806. The summed E-state index contributed by atoms with van der Waals surface area (Å²) >= 11 is 0. The van der Waals surface area contributed by atoms with Gasteiger partial charge in [0.25, 0.3) is 0 Å². The molecule has 0 N–H and O–H groups in total. The van der Waals surface area contributed by atoms with E-state index in [0.29, 0.717) is 0 Å². The van der Waals surface area contributed by atoms with Gasteiger partial charge in [-0.05, 0) is 112 Å². The molecule has 0 spiro atoms. The van der Waals surface area contributed by atoms with Crippen LogP contribution in [0.5, 0.6) is 0 Å². The number of benzene rings is 1. The Hall–Kier alpha value is -0.825. The van der Waals surface area contributed by atoms with Crippen LogP contribution in [0.15, 0.2) is 24.3 Å². The molecular weight excluding hydrogens is 501 g/mol. The molecule has 4 heterocycles. The molecule has 6 rings (SSSR count). The van der Waals surface area contributed by atoms with Gasteiger partial charge in [-0.15, -0.1) is 0 Å². The number of hydrogen-bond donors (Lipinski definition) is 0. The summed E-state index contributed by atoms with van der Waals surface area (Å²) in [6.45, 7) is 21.0. The standard InChI is InChI=1S/C18H27BO2.C12H22B2O4.CH4/c1-17(2)18(3,4)21-19(20-17)16-12-8-11-15(13-16)14-9-6-5-7-10-14;1-9(2)11(5)7-8-12(6)10(3,4)16-14(18-12)13(15-9)17-11;/h8,11-14H,5-7,9-10H2,1-4H3;7-8H2,1-6H3;1H4. The summed E-state index contributed by atoms with van der Waals surface area (Å²) in [5.41, 5.74) is 0.927. The first-order valence-corrected chi connectivity index (χ1v) is 15.1. The maximum absolute atomic E-state index is 6.17. The number of rotatable bonds is 2. The van der Waals surface area contributed by atoms with Crippen LogP contribution >= 0.6 is 0 Å². The Morgan fingerprint density at radius 3 is 1.55 bits per heavy atom. The summed E-state index contributed by atoms with van der Waals surface area (Å²) in [6.07, 6.45) is 8.60. The summed E-state index contributed by atoms with van der Waals surface area (Å²) in [6, 6.07) is 8.86. The lowest BCUT2D eigenvalue weighted by Crippen LogP contribution is -2.50. The van der Waals surface area contributed by atoms with Crippen molar-refractivity contribution in [1.82, 2.24) is 0 Å². The first-order valence-electron chi connectivity index (χ1n) is 15.1. The van der Waals surface area contributed by atoms with E-state index in [4.69, 9.17) is 27.9 Å². The molecule has 1 aromatic carbocycles. The highest BCUT2D eigenvalue weighted by atomic mass is 16.7. The van der Waals surface area contributed by atoms with E-state index < -0.39 is 14.0 Å². The maximum Gasteiger partial charge on any atom is 0.494 e. The summed E-state index contributed by atoms with van der Waals surface area (Å²) < 4.78 is 36.6. The van der Waals surface area contributed by atoms with Gasteiger partial charge in [-0.1, -0.05) is 51.0 Å². The van der Waals surface area contributed by atoms with Crippen LogP contribution in [0.2, 0.25) is 0 Å². The van der Waals surface area contributed by atoms with Crippen molar-refractivity contribution in [1.29, 1.82) is 0 Å². The number of hydrogen-bond acceptors (Lipinski definition) is 6. The fourth-order valence-electron chi connectivity index (χ4n) is 6.47. The van der Waals surface area contributed by atoms with Gasteiger partial charge in [-0.25, -0.2) is 0 Å². The highest BCUT2D eigenvalue weighted by Crippen LogP contribution is 2.50. The van der Waals surface area contributed by atoms with Gasteiger partial charge in [0, 0.05) is 0 Å². The van der Waals surface area contributed by atoms with Gasteiger partial charge in [0.05, 0.1) is 33.6 Å². The smallest absolute Gasteiger partial charge is 0.405 e. The topological polar surface area (TPSA) is 55.4 Å². The molecule has 1 aliphatic carbocycles. The second kappa shape index (κ2) is 10.7. The van der Waals surface area contributed by atoms with Crippen LogP contribution in [0.3, 0.4) is 0 Å². The summed E-state index contributed by atoms with van der Waals surface area (Å²) in [5, 5.41) is 0. The van der Waals surface area contributed by atoms with Crippen molar-refractivity contribution < 1.29 is 27.9 Å². The van der Waals surface area contributed by atoms with Crippen molar-refractivity contribution in [3.05, 3.63) is 29.8 Å². The highest BCUT2D eigenvalue weighted by molar-refractivity contribution is 7.11. The first kappa shape index (κ1) is 32.1. The van der Waals surface area contributed by atoms with E-state index in [2.05, 4.69) is 93.5 Å². The van der Waals surface area contributed by atoms with Gasteiger partial charge in [-0.3, -0.25) is 0 Å². The molecular formula is C31H53B3O6. The number of fused-ring (bicyclic) bond motifs is 5. The average Bonchev–Trinajstić information content (AvgIpc) is 3.36. The normalized spacial score (nSPS) is 33.5. The van der Waals surface area contributed by atoms with Gasteiger partial charge >= 0.3 is 21.1 Å². The van der Waals surface area contributed by atoms with E-state index in [-0.39, 0.29) is 48.2 Å². The average molecular weight is 554 g/mol. The van der Waals surface area contributed by atoms with Crippen molar-refractivity contribution >= 4 is 26.6 Å². The van der Waals surface area contributed by atoms with Crippen LogP contribution in [0.1, 0.15) is 133 Å². The second-order valence-electron chi connectivity index (χ2n) is 14.8. The molecule has 2 unspecified atom stereocenters. The van der Waals surface area contributed by atoms with Crippen LogP contribution in [0, 0.1) is 0 Å². The minimum Gasteiger partial charge on any atom is -0.405 e. The van der Waals surface area contributed by atoms with Crippen LogP contribution < -0.4 is 5.46 Å². The minimum atomic E-state index is -0.425. The van der Waals surface area contributed by atoms with Crippen LogP contribution in [0.25, 0.3) is 0 Å². The molecule has 222 valence electrons. The third kappa shape index (κ3) is 5.60. The summed E-state index contributed by atoms with van der Waals surface area (Å²) in [4.78, 5) is 0. The molecule has 2 atom stereocenters. The van der Waals surface area contributed by atoms with E-state index in [9.17, 15) is 0 Å². The molecule has 5 aliphatic rings. The monoisotopic (exact) mass is 554 g/mol. The minimum absolute atomic E-state index is 0. The Morgan fingerprint density at radius 2 is 1.07 bits per heavy atom. The molecule has 1 saturated carbocycles. The lowest BCUT2D eigenvalue weighted by atomic mass is 9.49. The zero-order valence-electron chi connectivity index (χ0n) is 26.0. The fourth-order valence-corrected chi connectivity index (χ4v) is 6.47. The van der Waals surface area contributed by atoms with Crippen molar-refractivity contribution in [2.24, 2.45) is 0 Å². The second-order valence-corrected chi connectivity index (χ2v) is 14.8. The van der Waals surface area contributed by atoms with E-state index in [1.54, 1.807) is 0 Å². The highest BCUT2D eigenvalue weighted by Gasteiger charge is 2.68. The Balaban J connectivity index is 0.000000182. The third-order valence-electron chi connectivity index (χ3n) is 10.9. The third-order valence-corrected chi connectivity index (χ3v) is 10.9. The van der Waals surface area contributed by atoms with Crippen molar-refractivity contribution in [3.63, 3.8) is 0 Å². The van der Waals surface area contributed by atoms with Crippen molar-refractivity contribution in [3.8, 4) is 0 Å². The molecule has 6 nitrogen and oxygen atoms in total. The maximum atomic E-state index is 6.17. The van der Waals surface area contributed by atoms with Gasteiger partial charge in [0.15, 0.2) is 0 Å². The van der Waals surface area contributed by atoms with Gasteiger partial charge in [0.2, 0.25) is 0 Å².